The fourth-order valence-electron chi connectivity index (χ4n) is 2.98. The molecule has 1 unspecified atom stereocenters. The van der Waals surface area contributed by atoms with Crippen LogP contribution in [0.5, 0.6) is 0 Å². The van der Waals surface area contributed by atoms with Crippen LogP contribution in [0.15, 0.2) is 29.3 Å². The molecule has 1 aromatic rings. The molecule has 0 amide bonds. The SMILES string of the molecule is CCNC(=NCC(CCO)CC(C)C)NCCc1ccc(N(C)C)cc1.I. The molecule has 0 radical (unpaired) electrons. The first-order valence-corrected chi connectivity index (χ1v) is 9.85. The molecule has 0 aromatic heterocycles. The van der Waals surface area contributed by atoms with Gasteiger partial charge in [-0.2, -0.15) is 0 Å². The van der Waals surface area contributed by atoms with Crippen molar-refractivity contribution >= 4 is 35.6 Å². The molecule has 6 heteroatoms. The lowest BCUT2D eigenvalue weighted by Crippen LogP contribution is -2.38. The summed E-state index contributed by atoms with van der Waals surface area (Å²) in [6, 6.07) is 8.67. The van der Waals surface area contributed by atoms with Crippen molar-refractivity contribution in [1.29, 1.82) is 0 Å². The number of halogens is 1. The Morgan fingerprint density at radius 1 is 1.15 bits per heavy atom. The van der Waals surface area contributed by atoms with Gasteiger partial charge in [0.2, 0.25) is 0 Å². The largest absolute Gasteiger partial charge is 0.396 e. The van der Waals surface area contributed by atoms with Crippen molar-refractivity contribution in [2.75, 3.05) is 45.2 Å². The summed E-state index contributed by atoms with van der Waals surface area (Å²) in [4.78, 5) is 6.84. The second-order valence-corrected chi connectivity index (χ2v) is 7.47. The van der Waals surface area contributed by atoms with Crippen molar-refractivity contribution < 1.29 is 5.11 Å². The maximum Gasteiger partial charge on any atom is 0.191 e. The van der Waals surface area contributed by atoms with Gasteiger partial charge in [-0.15, -0.1) is 24.0 Å². The maximum absolute atomic E-state index is 9.26. The second kappa shape index (κ2) is 15.0. The van der Waals surface area contributed by atoms with E-state index in [2.05, 4.69) is 74.7 Å². The lowest BCUT2D eigenvalue weighted by molar-refractivity contribution is 0.245. The van der Waals surface area contributed by atoms with Gasteiger partial charge < -0.3 is 20.6 Å². The molecular formula is C21H39IN4O. The number of hydrogen-bond donors (Lipinski definition) is 3. The van der Waals surface area contributed by atoms with E-state index in [0.29, 0.717) is 11.8 Å². The van der Waals surface area contributed by atoms with E-state index in [9.17, 15) is 5.11 Å². The van der Waals surface area contributed by atoms with Crippen molar-refractivity contribution in [3.8, 4) is 0 Å². The van der Waals surface area contributed by atoms with Crippen LogP contribution >= 0.6 is 24.0 Å². The summed E-state index contributed by atoms with van der Waals surface area (Å²) in [7, 11) is 4.11. The van der Waals surface area contributed by atoms with Gasteiger partial charge in [0, 0.05) is 46.0 Å². The number of benzene rings is 1. The Hall–Kier alpha value is -1.02. The van der Waals surface area contributed by atoms with Crippen LogP contribution in [0.25, 0.3) is 0 Å². The highest BCUT2D eigenvalue weighted by Crippen LogP contribution is 2.15. The quantitative estimate of drug-likeness (QED) is 0.253. The van der Waals surface area contributed by atoms with Gasteiger partial charge >= 0.3 is 0 Å². The molecule has 5 nitrogen and oxygen atoms in total. The lowest BCUT2D eigenvalue weighted by atomic mass is 9.94. The van der Waals surface area contributed by atoms with Crippen LogP contribution in [0.1, 0.15) is 39.2 Å². The van der Waals surface area contributed by atoms with Crippen LogP contribution < -0.4 is 15.5 Å². The molecule has 3 N–H and O–H groups in total. The zero-order valence-corrected chi connectivity index (χ0v) is 20.0. The Morgan fingerprint density at radius 2 is 1.81 bits per heavy atom. The molecule has 27 heavy (non-hydrogen) atoms. The minimum Gasteiger partial charge on any atom is -0.396 e. The molecule has 0 aliphatic carbocycles. The van der Waals surface area contributed by atoms with Crippen molar-refractivity contribution in [2.45, 2.75) is 40.0 Å². The molecular weight excluding hydrogens is 451 g/mol. The average Bonchev–Trinajstić information content (AvgIpc) is 2.59. The number of hydrogen-bond acceptors (Lipinski definition) is 3. The number of rotatable bonds is 11. The fraction of sp³-hybridized carbons (Fsp3) is 0.667. The highest BCUT2D eigenvalue weighted by atomic mass is 127. The summed E-state index contributed by atoms with van der Waals surface area (Å²) >= 11 is 0. The highest BCUT2D eigenvalue weighted by Gasteiger charge is 2.10. The second-order valence-electron chi connectivity index (χ2n) is 7.47. The summed E-state index contributed by atoms with van der Waals surface area (Å²) in [5.74, 6) is 1.93. The molecule has 1 rings (SSSR count). The minimum absolute atomic E-state index is 0. The van der Waals surface area contributed by atoms with E-state index in [1.165, 1.54) is 11.3 Å². The zero-order valence-electron chi connectivity index (χ0n) is 17.7. The van der Waals surface area contributed by atoms with Crippen LogP contribution in [0.2, 0.25) is 0 Å². The van der Waals surface area contributed by atoms with Gasteiger partial charge in [-0.1, -0.05) is 26.0 Å². The van der Waals surface area contributed by atoms with Gasteiger partial charge in [0.1, 0.15) is 0 Å². The van der Waals surface area contributed by atoms with Gasteiger partial charge in [-0.3, -0.25) is 4.99 Å². The normalized spacial score (nSPS) is 12.5. The number of aliphatic hydroxyl groups is 1. The molecule has 0 aliphatic heterocycles. The van der Waals surface area contributed by atoms with E-state index >= 15 is 0 Å². The van der Waals surface area contributed by atoms with Crippen LogP contribution in [0.3, 0.4) is 0 Å². The summed E-state index contributed by atoms with van der Waals surface area (Å²) < 4.78 is 0. The summed E-state index contributed by atoms with van der Waals surface area (Å²) in [5, 5.41) is 16.0. The van der Waals surface area contributed by atoms with Crippen LogP contribution in [0, 0.1) is 11.8 Å². The number of aliphatic hydroxyl groups excluding tert-OH is 1. The number of anilines is 1. The Morgan fingerprint density at radius 3 is 2.33 bits per heavy atom. The predicted molar refractivity (Wildman–Crippen MR) is 129 cm³/mol. The standard InChI is InChI=1S/C21H38N4O.HI/c1-6-22-21(24-16-19(12-14-26)15-17(2)3)23-13-11-18-7-9-20(10-8-18)25(4)5;/h7-10,17,19,26H,6,11-16H2,1-5H3,(H2,22,23,24);1H. The number of aliphatic imine (C=N–C) groups is 1. The summed E-state index contributed by atoms with van der Waals surface area (Å²) in [5.41, 5.74) is 2.54. The van der Waals surface area contributed by atoms with E-state index < -0.39 is 0 Å². The molecule has 0 saturated heterocycles. The van der Waals surface area contributed by atoms with Crippen molar-refractivity contribution in [2.24, 2.45) is 16.8 Å². The summed E-state index contributed by atoms with van der Waals surface area (Å²) in [6.45, 7) is 9.21. The van der Waals surface area contributed by atoms with Gasteiger partial charge in [-0.05, 0) is 55.7 Å². The third-order valence-corrected chi connectivity index (χ3v) is 4.35. The first kappa shape index (κ1) is 26.0. The monoisotopic (exact) mass is 490 g/mol. The molecule has 0 fully saturated rings. The van der Waals surface area contributed by atoms with E-state index in [0.717, 1.165) is 44.9 Å². The predicted octanol–water partition coefficient (Wildman–Crippen LogP) is 3.51. The van der Waals surface area contributed by atoms with Crippen LogP contribution in [0.4, 0.5) is 5.69 Å². The Bertz CT molecular complexity index is 517. The molecule has 0 aliphatic rings. The molecule has 0 bridgehead atoms. The Balaban J connectivity index is 0.00000676. The van der Waals surface area contributed by atoms with Crippen molar-refractivity contribution in [3.05, 3.63) is 29.8 Å². The molecule has 0 heterocycles. The fourth-order valence-corrected chi connectivity index (χ4v) is 2.98. The molecule has 0 spiro atoms. The first-order valence-electron chi connectivity index (χ1n) is 9.85. The van der Waals surface area contributed by atoms with Gasteiger partial charge in [0.05, 0.1) is 0 Å². The number of nitrogens with one attached hydrogen (secondary N) is 2. The summed E-state index contributed by atoms with van der Waals surface area (Å²) in [6.07, 6.45) is 2.88. The maximum atomic E-state index is 9.26. The zero-order chi connectivity index (χ0) is 19.4. The smallest absolute Gasteiger partial charge is 0.191 e. The third kappa shape index (κ3) is 11.4. The molecule has 1 atom stereocenters. The van der Waals surface area contributed by atoms with Crippen LogP contribution in [-0.2, 0) is 6.42 Å². The first-order chi connectivity index (χ1) is 12.5. The Labute approximate surface area is 183 Å². The van der Waals surface area contributed by atoms with E-state index in [1.54, 1.807) is 0 Å². The van der Waals surface area contributed by atoms with Gasteiger partial charge in [-0.25, -0.2) is 0 Å². The lowest BCUT2D eigenvalue weighted by Gasteiger charge is -2.17. The van der Waals surface area contributed by atoms with E-state index in [-0.39, 0.29) is 30.6 Å². The number of nitrogens with zero attached hydrogens (tertiary/aromatic N) is 2. The molecule has 0 saturated carbocycles. The van der Waals surface area contributed by atoms with Crippen molar-refractivity contribution in [3.63, 3.8) is 0 Å². The molecule has 1 aromatic carbocycles. The topological polar surface area (TPSA) is 59.9 Å². The minimum atomic E-state index is 0. The van der Waals surface area contributed by atoms with Crippen molar-refractivity contribution in [1.82, 2.24) is 10.6 Å². The average molecular weight is 490 g/mol. The van der Waals surface area contributed by atoms with Crippen LogP contribution in [-0.4, -0.2) is 51.4 Å². The van der Waals surface area contributed by atoms with Gasteiger partial charge in [0.15, 0.2) is 5.96 Å². The number of guanidine groups is 1. The molecule has 156 valence electrons. The highest BCUT2D eigenvalue weighted by molar-refractivity contribution is 14.0. The van der Waals surface area contributed by atoms with Gasteiger partial charge in [0.25, 0.3) is 0 Å². The Kier molecular flexibility index (Phi) is 14.4. The van der Waals surface area contributed by atoms with E-state index in [1.807, 2.05) is 0 Å². The third-order valence-electron chi connectivity index (χ3n) is 4.35. The van der Waals surface area contributed by atoms with E-state index in [4.69, 9.17) is 4.99 Å².